The average Bonchev–Trinajstić information content (AvgIpc) is 2.00. The molecule has 0 spiro atoms. The SMILES string of the molecule is CCC(C)OC(=O)/C=C/C#N. The Morgan fingerprint density at radius 3 is 2.91 bits per heavy atom. The lowest BCUT2D eigenvalue weighted by Gasteiger charge is -2.07. The van der Waals surface area contributed by atoms with Gasteiger partial charge in [0, 0.05) is 12.2 Å². The smallest absolute Gasteiger partial charge is 0.331 e. The molecular formula is C8H11NO2. The molecule has 0 amide bonds. The number of carbonyl (C=O) groups excluding carboxylic acids is 1. The van der Waals surface area contributed by atoms with Crippen molar-refractivity contribution in [2.75, 3.05) is 0 Å². The lowest BCUT2D eigenvalue weighted by molar-refractivity contribution is -0.142. The Morgan fingerprint density at radius 2 is 2.45 bits per heavy atom. The van der Waals surface area contributed by atoms with Crippen molar-refractivity contribution >= 4 is 5.97 Å². The first-order chi connectivity index (χ1) is 5.20. The molecule has 0 N–H and O–H groups in total. The largest absolute Gasteiger partial charge is 0.460 e. The number of ether oxygens (including phenoxy) is 1. The summed E-state index contributed by atoms with van der Waals surface area (Å²) in [5.41, 5.74) is 0. The zero-order chi connectivity index (χ0) is 8.69. The van der Waals surface area contributed by atoms with Crippen LogP contribution in [0.1, 0.15) is 20.3 Å². The summed E-state index contributed by atoms with van der Waals surface area (Å²) < 4.78 is 4.82. The van der Waals surface area contributed by atoms with Gasteiger partial charge in [-0.15, -0.1) is 0 Å². The topological polar surface area (TPSA) is 50.1 Å². The van der Waals surface area contributed by atoms with E-state index in [2.05, 4.69) is 0 Å². The molecule has 0 aromatic rings. The molecule has 0 aliphatic carbocycles. The second-order valence-corrected chi connectivity index (χ2v) is 2.12. The molecule has 11 heavy (non-hydrogen) atoms. The zero-order valence-corrected chi connectivity index (χ0v) is 6.70. The first kappa shape index (κ1) is 9.70. The first-order valence-corrected chi connectivity index (χ1v) is 3.47. The summed E-state index contributed by atoms with van der Waals surface area (Å²) in [5.74, 6) is -0.457. The van der Waals surface area contributed by atoms with E-state index in [9.17, 15) is 4.79 Å². The Hall–Kier alpha value is -1.30. The Balaban J connectivity index is 3.71. The standard InChI is InChI=1S/C8H11NO2/c1-3-7(2)11-8(10)5-4-6-9/h4-5,7H,3H2,1-2H3/b5-4+. The van der Waals surface area contributed by atoms with Crippen molar-refractivity contribution in [3.8, 4) is 6.07 Å². The summed E-state index contributed by atoms with van der Waals surface area (Å²) in [5, 5.41) is 8.06. The van der Waals surface area contributed by atoms with E-state index < -0.39 is 5.97 Å². The molecule has 0 bridgehead atoms. The highest BCUT2D eigenvalue weighted by atomic mass is 16.5. The maximum Gasteiger partial charge on any atom is 0.331 e. The van der Waals surface area contributed by atoms with E-state index in [0.29, 0.717) is 0 Å². The van der Waals surface area contributed by atoms with Crippen LogP contribution in [-0.4, -0.2) is 12.1 Å². The highest BCUT2D eigenvalue weighted by molar-refractivity contribution is 5.82. The van der Waals surface area contributed by atoms with Crippen molar-refractivity contribution in [3.05, 3.63) is 12.2 Å². The van der Waals surface area contributed by atoms with Crippen LogP contribution in [0.4, 0.5) is 0 Å². The number of allylic oxidation sites excluding steroid dienone is 1. The molecular weight excluding hydrogens is 142 g/mol. The molecule has 0 radical (unpaired) electrons. The molecule has 1 atom stereocenters. The first-order valence-electron chi connectivity index (χ1n) is 3.47. The van der Waals surface area contributed by atoms with Crippen LogP contribution in [0.25, 0.3) is 0 Å². The summed E-state index contributed by atoms with van der Waals surface area (Å²) in [6.07, 6.45) is 2.93. The van der Waals surface area contributed by atoms with E-state index in [1.807, 2.05) is 6.92 Å². The van der Waals surface area contributed by atoms with E-state index in [1.54, 1.807) is 13.0 Å². The third-order valence-electron chi connectivity index (χ3n) is 1.19. The lowest BCUT2D eigenvalue weighted by atomic mass is 10.3. The van der Waals surface area contributed by atoms with E-state index >= 15 is 0 Å². The van der Waals surface area contributed by atoms with Crippen molar-refractivity contribution < 1.29 is 9.53 Å². The van der Waals surface area contributed by atoms with Gasteiger partial charge in [-0.3, -0.25) is 0 Å². The number of carbonyl (C=O) groups is 1. The molecule has 0 saturated carbocycles. The summed E-state index contributed by atoms with van der Waals surface area (Å²) in [6, 6.07) is 1.71. The van der Waals surface area contributed by atoms with Crippen LogP contribution in [0.15, 0.2) is 12.2 Å². The van der Waals surface area contributed by atoms with Gasteiger partial charge in [0.1, 0.15) is 0 Å². The molecule has 3 nitrogen and oxygen atoms in total. The number of hydrogen-bond donors (Lipinski definition) is 0. The van der Waals surface area contributed by atoms with Crippen LogP contribution in [0.5, 0.6) is 0 Å². The minimum Gasteiger partial charge on any atom is -0.460 e. The molecule has 0 fully saturated rings. The van der Waals surface area contributed by atoms with Crippen LogP contribution < -0.4 is 0 Å². The van der Waals surface area contributed by atoms with Gasteiger partial charge in [-0.25, -0.2) is 4.79 Å². The zero-order valence-electron chi connectivity index (χ0n) is 6.70. The number of rotatable bonds is 3. The van der Waals surface area contributed by atoms with Crippen LogP contribution >= 0.6 is 0 Å². The summed E-state index contributed by atoms with van der Waals surface area (Å²) in [6.45, 7) is 3.73. The van der Waals surface area contributed by atoms with Gasteiger partial charge >= 0.3 is 5.97 Å². The lowest BCUT2D eigenvalue weighted by Crippen LogP contribution is -2.11. The van der Waals surface area contributed by atoms with Crippen LogP contribution in [0.2, 0.25) is 0 Å². The fourth-order valence-corrected chi connectivity index (χ4v) is 0.426. The highest BCUT2D eigenvalue weighted by Gasteiger charge is 2.02. The summed E-state index contributed by atoms with van der Waals surface area (Å²) >= 11 is 0. The van der Waals surface area contributed by atoms with Crippen molar-refractivity contribution in [1.29, 1.82) is 5.26 Å². The van der Waals surface area contributed by atoms with Crippen LogP contribution in [0, 0.1) is 11.3 Å². The summed E-state index contributed by atoms with van der Waals surface area (Å²) in [7, 11) is 0. The quantitative estimate of drug-likeness (QED) is 0.350. The average molecular weight is 153 g/mol. The number of nitrogens with zero attached hydrogens (tertiary/aromatic N) is 1. The van der Waals surface area contributed by atoms with Gasteiger partial charge in [-0.05, 0) is 13.3 Å². The van der Waals surface area contributed by atoms with Gasteiger partial charge in [-0.1, -0.05) is 6.92 Å². The number of esters is 1. The van der Waals surface area contributed by atoms with Gasteiger partial charge in [-0.2, -0.15) is 5.26 Å². The minimum atomic E-state index is -0.457. The van der Waals surface area contributed by atoms with Crippen LogP contribution in [-0.2, 0) is 9.53 Å². The molecule has 0 aliphatic heterocycles. The number of hydrogen-bond acceptors (Lipinski definition) is 3. The monoisotopic (exact) mass is 153 g/mol. The molecule has 0 heterocycles. The second kappa shape index (κ2) is 5.48. The summed E-state index contributed by atoms with van der Waals surface area (Å²) in [4.78, 5) is 10.7. The van der Waals surface area contributed by atoms with E-state index in [-0.39, 0.29) is 6.10 Å². The maximum atomic E-state index is 10.7. The van der Waals surface area contributed by atoms with E-state index in [0.717, 1.165) is 18.6 Å². The Kier molecular flexibility index (Phi) is 4.83. The molecule has 0 aromatic heterocycles. The molecule has 60 valence electrons. The Morgan fingerprint density at radius 1 is 1.82 bits per heavy atom. The Labute approximate surface area is 66.3 Å². The molecule has 0 rings (SSSR count). The molecule has 3 heteroatoms. The highest BCUT2D eigenvalue weighted by Crippen LogP contribution is 1.96. The van der Waals surface area contributed by atoms with Crippen molar-refractivity contribution in [2.45, 2.75) is 26.4 Å². The second-order valence-electron chi connectivity index (χ2n) is 2.12. The van der Waals surface area contributed by atoms with Crippen molar-refractivity contribution in [2.24, 2.45) is 0 Å². The fraction of sp³-hybridized carbons (Fsp3) is 0.500. The minimum absolute atomic E-state index is 0.0779. The van der Waals surface area contributed by atoms with Gasteiger partial charge in [0.05, 0.1) is 12.2 Å². The van der Waals surface area contributed by atoms with Crippen molar-refractivity contribution in [1.82, 2.24) is 0 Å². The van der Waals surface area contributed by atoms with Gasteiger partial charge in [0.2, 0.25) is 0 Å². The maximum absolute atomic E-state index is 10.7. The normalized spacial score (nSPS) is 12.5. The van der Waals surface area contributed by atoms with Gasteiger partial charge in [0.15, 0.2) is 0 Å². The molecule has 0 aliphatic rings. The Bertz CT molecular complexity index is 191. The number of nitriles is 1. The van der Waals surface area contributed by atoms with Crippen molar-refractivity contribution in [3.63, 3.8) is 0 Å². The molecule has 1 unspecified atom stereocenters. The van der Waals surface area contributed by atoms with Crippen LogP contribution in [0.3, 0.4) is 0 Å². The van der Waals surface area contributed by atoms with E-state index in [4.69, 9.17) is 10.00 Å². The predicted octanol–water partition coefficient (Wildman–Crippen LogP) is 1.41. The predicted molar refractivity (Wildman–Crippen MR) is 40.6 cm³/mol. The fourth-order valence-electron chi connectivity index (χ4n) is 0.426. The molecule has 0 aromatic carbocycles. The third-order valence-corrected chi connectivity index (χ3v) is 1.19. The van der Waals surface area contributed by atoms with E-state index in [1.165, 1.54) is 0 Å². The third kappa shape index (κ3) is 5.16. The van der Waals surface area contributed by atoms with Gasteiger partial charge in [0.25, 0.3) is 0 Å². The molecule has 0 saturated heterocycles. The van der Waals surface area contributed by atoms with Gasteiger partial charge < -0.3 is 4.74 Å².